The number of carbonyl (C=O) groups excluding carboxylic acids is 1. The van der Waals surface area contributed by atoms with Gasteiger partial charge >= 0.3 is 12.0 Å². The maximum Gasteiger partial charge on any atom is 0.320 e. The van der Waals surface area contributed by atoms with Gasteiger partial charge in [-0.15, -0.1) is 0 Å². The third kappa shape index (κ3) is 4.64. The first kappa shape index (κ1) is 16.7. The maximum atomic E-state index is 12.5. The van der Waals surface area contributed by atoms with Gasteiger partial charge in [0.25, 0.3) is 0 Å². The predicted octanol–water partition coefficient (Wildman–Crippen LogP) is 0.375. The summed E-state index contributed by atoms with van der Waals surface area (Å²) in [6, 6.07) is -0.208. The van der Waals surface area contributed by atoms with E-state index < -0.39 is 11.5 Å². The first-order valence-corrected chi connectivity index (χ1v) is 6.76. The van der Waals surface area contributed by atoms with Crippen LogP contribution in [-0.4, -0.2) is 76.5 Å². The van der Waals surface area contributed by atoms with E-state index in [9.17, 15) is 9.59 Å². The summed E-state index contributed by atoms with van der Waals surface area (Å²) >= 11 is 0. The topological polar surface area (TPSA) is 90.3 Å². The van der Waals surface area contributed by atoms with Crippen molar-refractivity contribution in [2.75, 3.05) is 32.8 Å². The van der Waals surface area contributed by atoms with E-state index in [1.807, 2.05) is 20.8 Å². The highest BCUT2D eigenvalue weighted by molar-refractivity contribution is 5.76. The zero-order valence-electron chi connectivity index (χ0n) is 12.3. The van der Waals surface area contributed by atoms with Crippen LogP contribution in [0, 0.1) is 0 Å². The second kappa shape index (κ2) is 6.90. The number of urea groups is 1. The van der Waals surface area contributed by atoms with E-state index in [0.29, 0.717) is 19.7 Å². The minimum atomic E-state index is -0.928. The SMILES string of the molecule is CC(C)(C)N(CCC(=O)O)C(=O)N1CCOC(CO)C1. The van der Waals surface area contributed by atoms with Crippen LogP contribution in [0.25, 0.3) is 0 Å². The summed E-state index contributed by atoms with van der Waals surface area (Å²) in [6.45, 7) is 6.81. The van der Waals surface area contributed by atoms with Crippen LogP contribution in [0.3, 0.4) is 0 Å². The molecular weight excluding hydrogens is 264 g/mol. The normalized spacial score (nSPS) is 19.8. The zero-order valence-corrected chi connectivity index (χ0v) is 12.3. The van der Waals surface area contributed by atoms with Gasteiger partial charge in [-0.1, -0.05) is 0 Å². The molecule has 0 aliphatic carbocycles. The third-order valence-corrected chi connectivity index (χ3v) is 3.20. The molecule has 2 N–H and O–H groups in total. The van der Waals surface area contributed by atoms with Gasteiger partial charge in [-0.05, 0) is 20.8 Å². The molecule has 1 aliphatic heterocycles. The average Bonchev–Trinajstić information content (AvgIpc) is 2.36. The molecule has 0 spiro atoms. The van der Waals surface area contributed by atoms with Crippen molar-refractivity contribution in [3.8, 4) is 0 Å². The number of morpholine rings is 1. The lowest BCUT2D eigenvalue weighted by Gasteiger charge is -2.41. The van der Waals surface area contributed by atoms with Gasteiger partial charge in [-0.3, -0.25) is 4.79 Å². The Bertz CT molecular complexity index is 353. The molecule has 0 radical (unpaired) electrons. The molecule has 1 unspecified atom stereocenters. The molecule has 7 nitrogen and oxygen atoms in total. The summed E-state index contributed by atoms with van der Waals surface area (Å²) < 4.78 is 5.31. The van der Waals surface area contributed by atoms with E-state index in [1.165, 1.54) is 0 Å². The van der Waals surface area contributed by atoms with Crippen LogP contribution in [-0.2, 0) is 9.53 Å². The first-order valence-electron chi connectivity index (χ1n) is 6.76. The molecular formula is C13H24N2O5. The molecule has 7 heteroatoms. The second-order valence-corrected chi connectivity index (χ2v) is 5.87. The van der Waals surface area contributed by atoms with Crippen LogP contribution in [0.5, 0.6) is 0 Å². The molecule has 1 saturated heterocycles. The van der Waals surface area contributed by atoms with Gasteiger partial charge in [0.2, 0.25) is 0 Å². The van der Waals surface area contributed by atoms with Gasteiger partial charge in [0.1, 0.15) is 0 Å². The summed E-state index contributed by atoms with van der Waals surface area (Å²) in [6.07, 6.45) is -0.453. The van der Waals surface area contributed by atoms with Crippen molar-refractivity contribution >= 4 is 12.0 Å². The van der Waals surface area contributed by atoms with E-state index in [4.69, 9.17) is 14.9 Å². The summed E-state index contributed by atoms with van der Waals surface area (Å²) in [5.41, 5.74) is -0.459. The van der Waals surface area contributed by atoms with E-state index in [-0.39, 0.29) is 31.7 Å². The molecule has 116 valence electrons. The van der Waals surface area contributed by atoms with Crippen molar-refractivity contribution in [2.45, 2.75) is 38.8 Å². The number of carboxylic acids is 1. The Kier molecular flexibility index (Phi) is 5.76. The van der Waals surface area contributed by atoms with Crippen LogP contribution in [0.1, 0.15) is 27.2 Å². The lowest BCUT2D eigenvalue weighted by molar-refractivity contribution is -0.137. The summed E-state index contributed by atoms with van der Waals surface area (Å²) in [7, 11) is 0. The highest BCUT2D eigenvalue weighted by Crippen LogP contribution is 2.18. The molecule has 1 atom stereocenters. The van der Waals surface area contributed by atoms with Gasteiger partial charge < -0.3 is 24.7 Å². The number of aliphatic hydroxyl groups excluding tert-OH is 1. The van der Waals surface area contributed by atoms with Crippen molar-refractivity contribution < 1.29 is 24.5 Å². The fourth-order valence-electron chi connectivity index (χ4n) is 2.10. The summed E-state index contributed by atoms with van der Waals surface area (Å²) in [5.74, 6) is -0.928. The Morgan fingerprint density at radius 3 is 2.55 bits per heavy atom. The molecule has 2 amide bonds. The van der Waals surface area contributed by atoms with Crippen LogP contribution < -0.4 is 0 Å². The van der Waals surface area contributed by atoms with E-state index in [1.54, 1.807) is 9.80 Å². The Balaban J connectivity index is 2.74. The van der Waals surface area contributed by atoms with Crippen molar-refractivity contribution in [3.05, 3.63) is 0 Å². The average molecular weight is 288 g/mol. The fraction of sp³-hybridized carbons (Fsp3) is 0.846. The van der Waals surface area contributed by atoms with Crippen molar-refractivity contribution in [1.29, 1.82) is 0 Å². The van der Waals surface area contributed by atoms with Crippen LogP contribution in [0.4, 0.5) is 4.79 Å². The molecule has 1 aliphatic rings. The molecule has 1 fully saturated rings. The Hall–Kier alpha value is -1.34. The number of aliphatic carboxylic acids is 1. The van der Waals surface area contributed by atoms with E-state index in [0.717, 1.165) is 0 Å². The number of rotatable bonds is 4. The van der Waals surface area contributed by atoms with Crippen LogP contribution in [0.2, 0.25) is 0 Å². The highest BCUT2D eigenvalue weighted by atomic mass is 16.5. The van der Waals surface area contributed by atoms with Crippen molar-refractivity contribution in [1.82, 2.24) is 9.80 Å². The predicted molar refractivity (Wildman–Crippen MR) is 72.5 cm³/mol. The lowest BCUT2D eigenvalue weighted by atomic mass is 10.1. The Labute approximate surface area is 119 Å². The minimum absolute atomic E-state index is 0.0865. The number of nitrogens with zero attached hydrogens (tertiary/aromatic N) is 2. The molecule has 0 aromatic heterocycles. The van der Waals surface area contributed by atoms with Gasteiger partial charge in [-0.2, -0.15) is 0 Å². The van der Waals surface area contributed by atoms with Gasteiger partial charge in [0, 0.05) is 18.6 Å². The van der Waals surface area contributed by atoms with Crippen LogP contribution in [0.15, 0.2) is 0 Å². The van der Waals surface area contributed by atoms with E-state index in [2.05, 4.69) is 0 Å². The number of hydrogen-bond acceptors (Lipinski definition) is 4. The van der Waals surface area contributed by atoms with E-state index >= 15 is 0 Å². The number of aliphatic hydroxyl groups is 1. The Morgan fingerprint density at radius 1 is 1.40 bits per heavy atom. The quantitative estimate of drug-likeness (QED) is 0.780. The third-order valence-electron chi connectivity index (χ3n) is 3.20. The first-order chi connectivity index (χ1) is 9.25. The molecule has 20 heavy (non-hydrogen) atoms. The summed E-state index contributed by atoms with van der Waals surface area (Å²) in [5, 5.41) is 17.9. The smallest absolute Gasteiger partial charge is 0.320 e. The number of ether oxygens (including phenoxy) is 1. The number of hydrogen-bond donors (Lipinski definition) is 2. The molecule has 0 aromatic rings. The minimum Gasteiger partial charge on any atom is -0.481 e. The zero-order chi connectivity index (χ0) is 15.3. The van der Waals surface area contributed by atoms with Gasteiger partial charge in [0.05, 0.1) is 32.3 Å². The summed E-state index contributed by atoms with van der Waals surface area (Å²) in [4.78, 5) is 26.4. The van der Waals surface area contributed by atoms with Crippen molar-refractivity contribution in [3.63, 3.8) is 0 Å². The molecule has 0 saturated carbocycles. The van der Waals surface area contributed by atoms with Gasteiger partial charge in [0.15, 0.2) is 0 Å². The molecule has 0 aromatic carbocycles. The van der Waals surface area contributed by atoms with Crippen molar-refractivity contribution in [2.24, 2.45) is 0 Å². The number of amides is 2. The maximum absolute atomic E-state index is 12.5. The largest absolute Gasteiger partial charge is 0.481 e. The van der Waals surface area contributed by atoms with Crippen LogP contribution >= 0.6 is 0 Å². The number of carbonyl (C=O) groups is 2. The monoisotopic (exact) mass is 288 g/mol. The lowest BCUT2D eigenvalue weighted by Crippen LogP contribution is -2.56. The Morgan fingerprint density at radius 2 is 2.05 bits per heavy atom. The molecule has 1 rings (SSSR count). The second-order valence-electron chi connectivity index (χ2n) is 5.87. The molecule has 0 bridgehead atoms. The fourth-order valence-corrected chi connectivity index (χ4v) is 2.10. The number of carboxylic acid groups (broad SMARTS) is 1. The standard InChI is InChI=1S/C13H24N2O5/c1-13(2,3)15(5-4-11(17)18)12(19)14-6-7-20-10(8-14)9-16/h10,16H,4-9H2,1-3H3,(H,17,18). The highest BCUT2D eigenvalue weighted by Gasteiger charge is 2.33. The van der Waals surface area contributed by atoms with Gasteiger partial charge in [-0.25, -0.2) is 4.79 Å². The molecule has 1 heterocycles.